The van der Waals surface area contributed by atoms with Gasteiger partial charge in [0.05, 0.1) is 0 Å². The Labute approximate surface area is 195 Å². The lowest BCUT2D eigenvalue weighted by Gasteiger charge is -2.22. The number of likely N-dealkylation sites (N-methyl/N-ethyl adjacent to an activating group) is 1. The number of nitrogens with zero attached hydrogens (tertiary/aromatic N) is 2. The maximum Gasteiger partial charge on any atom is 0.296 e. The molecule has 1 saturated heterocycles. The van der Waals surface area contributed by atoms with E-state index in [2.05, 4.69) is 104 Å². The van der Waals surface area contributed by atoms with E-state index >= 15 is 0 Å². The summed E-state index contributed by atoms with van der Waals surface area (Å²) in [6.45, 7) is 4.22. The van der Waals surface area contributed by atoms with Gasteiger partial charge < -0.3 is 0 Å². The minimum Gasteiger partial charge on any atom is -0.280 e. The Balaban J connectivity index is 1.61. The van der Waals surface area contributed by atoms with Crippen LogP contribution in [-0.2, 0) is 11.2 Å². The van der Waals surface area contributed by atoms with Crippen LogP contribution in [0.25, 0.3) is 27.6 Å². The van der Waals surface area contributed by atoms with Gasteiger partial charge >= 0.3 is 0 Å². The average molecular weight is 434 g/mol. The Hall–Kier alpha value is -3.72. The van der Waals surface area contributed by atoms with Gasteiger partial charge in [0, 0.05) is 33.4 Å². The molecule has 0 saturated carbocycles. The third kappa shape index (κ3) is 3.74. The van der Waals surface area contributed by atoms with Crippen molar-refractivity contribution in [2.24, 2.45) is 0 Å². The van der Waals surface area contributed by atoms with Crippen LogP contribution in [0.4, 0.5) is 0 Å². The van der Waals surface area contributed by atoms with Gasteiger partial charge in [-0.3, -0.25) is 9.69 Å². The standard InChI is InChI=1S/C30H29N2O/c1-30(2)31(3)29(33)28(32(30)19-11-14-22-12-5-4-6-13-22)21-27-25-17-9-7-15-23(25)20-24-16-8-10-18-26(24)27/h4-20,28H,21H2,1-3H3/q+1/b14-11+,32-19+. The number of benzene rings is 4. The van der Waals surface area contributed by atoms with Crippen LogP contribution in [0.1, 0.15) is 25.0 Å². The van der Waals surface area contributed by atoms with Crippen molar-refractivity contribution in [3.05, 3.63) is 102 Å². The first kappa shape index (κ1) is 21.1. The number of allylic oxidation sites excluding steroid dienone is 1. The fourth-order valence-corrected chi connectivity index (χ4v) is 4.97. The van der Waals surface area contributed by atoms with Crippen LogP contribution in [0.15, 0.2) is 91.0 Å². The zero-order valence-corrected chi connectivity index (χ0v) is 19.4. The summed E-state index contributed by atoms with van der Waals surface area (Å²) in [6.07, 6.45) is 6.87. The molecule has 1 unspecified atom stereocenters. The Morgan fingerprint density at radius 2 is 1.45 bits per heavy atom. The van der Waals surface area contributed by atoms with E-state index in [1.54, 1.807) is 0 Å². The van der Waals surface area contributed by atoms with Crippen LogP contribution in [0.2, 0.25) is 0 Å². The molecule has 1 amide bonds. The van der Waals surface area contributed by atoms with E-state index in [1.165, 1.54) is 27.1 Å². The molecule has 1 aliphatic heterocycles. The summed E-state index contributed by atoms with van der Waals surface area (Å²) in [5, 5.41) is 4.86. The molecule has 4 aromatic carbocycles. The van der Waals surface area contributed by atoms with E-state index in [-0.39, 0.29) is 11.9 Å². The summed E-state index contributed by atoms with van der Waals surface area (Å²) in [6, 6.07) is 29.2. The molecule has 33 heavy (non-hydrogen) atoms. The number of carbonyl (C=O) groups is 1. The molecule has 3 heteroatoms. The van der Waals surface area contributed by atoms with Crippen molar-refractivity contribution in [1.82, 2.24) is 4.90 Å². The predicted molar refractivity (Wildman–Crippen MR) is 138 cm³/mol. The highest BCUT2D eigenvalue weighted by atomic mass is 16.2. The summed E-state index contributed by atoms with van der Waals surface area (Å²) in [5.41, 5.74) is 1.96. The van der Waals surface area contributed by atoms with Crippen LogP contribution >= 0.6 is 0 Å². The van der Waals surface area contributed by atoms with Crippen LogP contribution in [0.5, 0.6) is 0 Å². The topological polar surface area (TPSA) is 23.3 Å². The number of hydrogen-bond donors (Lipinski definition) is 0. The maximum absolute atomic E-state index is 13.5. The first-order valence-electron chi connectivity index (χ1n) is 11.5. The molecule has 0 aliphatic carbocycles. The number of carbonyl (C=O) groups excluding carboxylic acids is 1. The van der Waals surface area contributed by atoms with Crippen molar-refractivity contribution >= 4 is 39.7 Å². The third-order valence-electron chi connectivity index (χ3n) is 7.02. The second-order valence-electron chi connectivity index (χ2n) is 9.24. The van der Waals surface area contributed by atoms with Gasteiger partial charge in [-0.15, -0.1) is 0 Å². The van der Waals surface area contributed by atoms with Gasteiger partial charge in [-0.2, -0.15) is 0 Å². The molecule has 5 rings (SSSR count). The van der Waals surface area contributed by atoms with E-state index < -0.39 is 5.66 Å². The second-order valence-corrected chi connectivity index (χ2v) is 9.24. The zero-order chi connectivity index (χ0) is 23.0. The van der Waals surface area contributed by atoms with Crippen LogP contribution < -0.4 is 0 Å². The molecule has 0 aromatic heterocycles. The predicted octanol–water partition coefficient (Wildman–Crippen LogP) is 5.91. The molecule has 4 aromatic rings. The summed E-state index contributed by atoms with van der Waals surface area (Å²) in [4.78, 5) is 15.4. The molecule has 164 valence electrons. The van der Waals surface area contributed by atoms with Crippen molar-refractivity contribution in [2.75, 3.05) is 7.05 Å². The van der Waals surface area contributed by atoms with Gasteiger partial charge in [0.2, 0.25) is 11.7 Å². The van der Waals surface area contributed by atoms with Crippen molar-refractivity contribution in [1.29, 1.82) is 0 Å². The molecule has 1 fully saturated rings. The van der Waals surface area contributed by atoms with E-state index in [0.29, 0.717) is 6.42 Å². The van der Waals surface area contributed by atoms with E-state index in [9.17, 15) is 4.79 Å². The van der Waals surface area contributed by atoms with Gasteiger partial charge in [-0.1, -0.05) is 78.9 Å². The number of amides is 1. The highest BCUT2D eigenvalue weighted by Gasteiger charge is 2.54. The Morgan fingerprint density at radius 1 is 0.879 bits per heavy atom. The Kier molecular flexibility index (Phi) is 5.33. The van der Waals surface area contributed by atoms with Crippen molar-refractivity contribution in [2.45, 2.75) is 32.0 Å². The van der Waals surface area contributed by atoms with Crippen LogP contribution in [-0.4, -0.2) is 40.3 Å². The molecule has 0 N–H and O–H groups in total. The number of hydrogen-bond acceptors (Lipinski definition) is 1. The molecular formula is C30H29N2O+. The smallest absolute Gasteiger partial charge is 0.280 e. The van der Waals surface area contributed by atoms with Gasteiger partial charge in [-0.25, -0.2) is 4.58 Å². The van der Waals surface area contributed by atoms with Gasteiger partial charge in [0.25, 0.3) is 5.91 Å². The highest BCUT2D eigenvalue weighted by molar-refractivity contribution is 6.02. The Bertz CT molecular complexity index is 1350. The van der Waals surface area contributed by atoms with Crippen molar-refractivity contribution in [3.8, 4) is 0 Å². The summed E-state index contributed by atoms with van der Waals surface area (Å²) in [7, 11) is 1.91. The molecule has 0 bridgehead atoms. The average Bonchev–Trinajstić information content (AvgIpc) is 2.99. The molecule has 0 radical (unpaired) electrons. The van der Waals surface area contributed by atoms with E-state index in [0.717, 1.165) is 5.56 Å². The summed E-state index contributed by atoms with van der Waals surface area (Å²) in [5.74, 6) is 0.154. The van der Waals surface area contributed by atoms with Crippen molar-refractivity contribution < 1.29 is 9.37 Å². The fraction of sp³-hybridized carbons (Fsp3) is 0.200. The quantitative estimate of drug-likeness (QED) is 0.290. The second kappa shape index (κ2) is 8.32. The van der Waals surface area contributed by atoms with Crippen LogP contribution in [0.3, 0.4) is 0 Å². The molecule has 1 atom stereocenters. The minimum atomic E-state index is -0.414. The molecule has 3 nitrogen and oxygen atoms in total. The first-order valence-corrected chi connectivity index (χ1v) is 11.5. The maximum atomic E-state index is 13.5. The monoisotopic (exact) mass is 433 g/mol. The van der Waals surface area contributed by atoms with Crippen molar-refractivity contribution in [3.63, 3.8) is 0 Å². The van der Waals surface area contributed by atoms with Gasteiger partial charge in [0.15, 0.2) is 6.21 Å². The SMILES string of the molecule is CN1C(=O)C(Cc2c3ccccc3cc3ccccc23)/[N+](=C\C=C\c2ccccc2)C1(C)C. The molecule has 0 spiro atoms. The molecule has 1 heterocycles. The Morgan fingerprint density at radius 3 is 2.09 bits per heavy atom. The minimum absolute atomic E-state index is 0.154. The lowest BCUT2D eigenvalue weighted by Crippen LogP contribution is -2.43. The largest absolute Gasteiger partial charge is 0.296 e. The lowest BCUT2D eigenvalue weighted by molar-refractivity contribution is -0.615. The van der Waals surface area contributed by atoms with Gasteiger partial charge in [0.1, 0.15) is 0 Å². The van der Waals surface area contributed by atoms with Gasteiger partial charge in [-0.05, 0) is 44.8 Å². The van der Waals surface area contributed by atoms with E-state index in [4.69, 9.17) is 0 Å². The molecule has 1 aliphatic rings. The third-order valence-corrected chi connectivity index (χ3v) is 7.02. The summed E-state index contributed by atoms with van der Waals surface area (Å²) < 4.78 is 2.21. The highest BCUT2D eigenvalue weighted by Crippen LogP contribution is 2.33. The van der Waals surface area contributed by atoms with Crippen LogP contribution in [0, 0.1) is 0 Å². The normalized spacial score (nSPS) is 19.4. The summed E-state index contributed by atoms with van der Waals surface area (Å²) >= 11 is 0. The lowest BCUT2D eigenvalue weighted by atomic mass is 9.92. The van der Waals surface area contributed by atoms with E-state index in [1.807, 2.05) is 30.1 Å². The number of rotatable bonds is 4. The zero-order valence-electron chi connectivity index (χ0n) is 19.4. The number of fused-ring (bicyclic) bond motifs is 2. The first-order chi connectivity index (χ1) is 16.0. The fourth-order valence-electron chi connectivity index (χ4n) is 4.97. The molecular weight excluding hydrogens is 404 g/mol.